The van der Waals surface area contributed by atoms with Gasteiger partial charge in [0.15, 0.2) is 11.5 Å². The Morgan fingerprint density at radius 1 is 1.11 bits per heavy atom. The third-order valence-corrected chi connectivity index (χ3v) is 6.44. The molecule has 0 radical (unpaired) electrons. The minimum atomic E-state index is -0.0382. The van der Waals surface area contributed by atoms with Gasteiger partial charge in [-0.2, -0.15) is 10.2 Å². The number of aliphatic hydroxyl groups excluding tert-OH is 1. The molecule has 1 unspecified atom stereocenters. The van der Waals surface area contributed by atoms with Gasteiger partial charge in [0.1, 0.15) is 18.0 Å². The fourth-order valence-corrected chi connectivity index (χ4v) is 4.57. The number of nitrogens with zero attached hydrogens (tertiary/aromatic N) is 6. The lowest BCUT2D eigenvalue weighted by molar-refractivity contribution is 0.265. The van der Waals surface area contributed by atoms with Crippen molar-refractivity contribution >= 4 is 28.5 Å². The highest BCUT2D eigenvalue weighted by Gasteiger charge is 2.27. The van der Waals surface area contributed by atoms with Gasteiger partial charge in [-0.3, -0.25) is 0 Å². The first kappa shape index (κ1) is 24.1. The molecule has 2 N–H and O–H groups in total. The molecule has 190 valence electrons. The average molecular weight is 502 g/mol. The molecule has 1 aliphatic heterocycles. The Hall–Kier alpha value is -4.56. The molecule has 11 nitrogen and oxygen atoms in total. The van der Waals surface area contributed by atoms with E-state index in [1.807, 2.05) is 33.9 Å². The molecular formula is C26H27N7O4. The number of anilines is 3. The van der Waals surface area contributed by atoms with E-state index in [-0.39, 0.29) is 12.6 Å². The van der Waals surface area contributed by atoms with E-state index in [2.05, 4.69) is 16.4 Å². The van der Waals surface area contributed by atoms with Crippen LogP contribution in [0.15, 0.2) is 42.9 Å². The summed E-state index contributed by atoms with van der Waals surface area (Å²) in [7, 11) is 4.70. The van der Waals surface area contributed by atoms with Crippen LogP contribution in [0.1, 0.15) is 18.4 Å². The van der Waals surface area contributed by atoms with Gasteiger partial charge in [0.05, 0.1) is 63.0 Å². The van der Waals surface area contributed by atoms with E-state index < -0.39 is 0 Å². The Bertz CT molecular complexity index is 1450. The number of aliphatic hydroxyl groups is 1. The normalized spacial score (nSPS) is 15.0. The standard InChI is InChI=1S/C26H27N7O4/c1-35-21-10-18(11-22(36-2)24(21)37-3)32-13-23(28-15-32)30-25-19-7-6-16(12-27)9-20(19)29-26(31-25)33-8-4-5-17(33)14-34/h6-7,9-11,13,15,17,34H,4-5,8,14H2,1-3H3,(H,29,30,31). The maximum atomic E-state index is 9.82. The monoisotopic (exact) mass is 501 g/mol. The van der Waals surface area contributed by atoms with Crippen LogP contribution in [0.25, 0.3) is 16.6 Å². The molecule has 1 saturated heterocycles. The van der Waals surface area contributed by atoms with Crippen LogP contribution in [0.2, 0.25) is 0 Å². The molecule has 0 bridgehead atoms. The number of hydrogen-bond donors (Lipinski definition) is 2. The molecule has 0 spiro atoms. The van der Waals surface area contributed by atoms with Crippen molar-refractivity contribution < 1.29 is 19.3 Å². The molecule has 1 atom stereocenters. The number of benzene rings is 2. The van der Waals surface area contributed by atoms with E-state index in [1.165, 1.54) is 0 Å². The topological polar surface area (TPSA) is 131 Å². The van der Waals surface area contributed by atoms with Crippen molar-refractivity contribution in [1.29, 1.82) is 5.26 Å². The van der Waals surface area contributed by atoms with E-state index in [0.29, 0.717) is 45.9 Å². The summed E-state index contributed by atoms with van der Waals surface area (Å²) in [6.45, 7) is 0.783. The molecule has 0 saturated carbocycles. The Balaban J connectivity index is 1.53. The molecule has 0 amide bonds. The van der Waals surface area contributed by atoms with Crippen LogP contribution in [-0.4, -0.2) is 65.1 Å². The van der Waals surface area contributed by atoms with E-state index in [9.17, 15) is 10.4 Å². The zero-order valence-corrected chi connectivity index (χ0v) is 20.8. The van der Waals surface area contributed by atoms with E-state index in [0.717, 1.165) is 30.5 Å². The summed E-state index contributed by atoms with van der Waals surface area (Å²) in [6, 6.07) is 11.1. The molecule has 3 heterocycles. The first-order valence-electron chi connectivity index (χ1n) is 11.8. The second-order valence-corrected chi connectivity index (χ2v) is 8.56. The van der Waals surface area contributed by atoms with E-state index in [4.69, 9.17) is 24.2 Å². The fraction of sp³-hybridized carbons (Fsp3) is 0.308. The Morgan fingerprint density at radius 3 is 2.57 bits per heavy atom. The molecule has 1 aliphatic rings. The fourth-order valence-electron chi connectivity index (χ4n) is 4.57. The average Bonchev–Trinajstić information content (AvgIpc) is 3.61. The second-order valence-electron chi connectivity index (χ2n) is 8.56. The number of imidazole rings is 1. The summed E-state index contributed by atoms with van der Waals surface area (Å²) in [6.07, 6.45) is 5.32. The van der Waals surface area contributed by atoms with Gasteiger partial charge in [0, 0.05) is 24.1 Å². The van der Waals surface area contributed by atoms with Crippen molar-refractivity contribution in [3.05, 3.63) is 48.4 Å². The predicted octanol–water partition coefficient (Wildman–Crippen LogP) is 3.42. The molecule has 5 rings (SSSR count). The van der Waals surface area contributed by atoms with Crippen LogP contribution in [0, 0.1) is 11.3 Å². The van der Waals surface area contributed by atoms with E-state index >= 15 is 0 Å². The summed E-state index contributed by atoms with van der Waals surface area (Å²) >= 11 is 0. The number of methoxy groups -OCH3 is 3. The van der Waals surface area contributed by atoms with Crippen molar-refractivity contribution in [2.24, 2.45) is 0 Å². The Morgan fingerprint density at radius 2 is 1.89 bits per heavy atom. The highest BCUT2D eigenvalue weighted by atomic mass is 16.5. The van der Waals surface area contributed by atoms with Crippen LogP contribution in [0.4, 0.5) is 17.6 Å². The van der Waals surface area contributed by atoms with Gasteiger partial charge in [-0.15, -0.1) is 0 Å². The summed E-state index contributed by atoms with van der Waals surface area (Å²) in [4.78, 5) is 16.0. The van der Waals surface area contributed by atoms with Crippen molar-refractivity contribution in [2.45, 2.75) is 18.9 Å². The third kappa shape index (κ3) is 4.54. The first-order chi connectivity index (χ1) is 18.1. The number of rotatable bonds is 8. The van der Waals surface area contributed by atoms with Crippen molar-refractivity contribution in [3.63, 3.8) is 0 Å². The van der Waals surface area contributed by atoms with Gasteiger partial charge in [0.2, 0.25) is 11.7 Å². The zero-order chi connectivity index (χ0) is 25.9. The molecule has 2 aromatic carbocycles. The highest BCUT2D eigenvalue weighted by Crippen LogP contribution is 2.39. The molecular weight excluding hydrogens is 474 g/mol. The van der Waals surface area contributed by atoms with Gasteiger partial charge in [0.25, 0.3) is 0 Å². The van der Waals surface area contributed by atoms with Crippen LogP contribution in [-0.2, 0) is 0 Å². The molecule has 4 aromatic rings. The lowest BCUT2D eigenvalue weighted by atomic mass is 10.1. The van der Waals surface area contributed by atoms with Gasteiger partial charge < -0.3 is 34.1 Å². The minimum Gasteiger partial charge on any atom is -0.493 e. The number of fused-ring (bicyclic) bond motifs is 1. The second kappa shape index (κ2) is 10.2. The lowest BCUT2D eigenvalue weighted by Gasteiger charge is -2.24. The largest absolute Gasteiger partial charge is 0.493 e. The summed E-state index contributed by atoms with van der Waals surface area (Å²) in [5, 5.41) is 23.3. The lowest BCUT2D eigenvalue weighted by Crippen LogP contribution is -2.33. The molecule has 1 fully saturated rings. The third-order valence-electron chi connectivity index (χ3n) is 6.44. The van der Waals surface area contributed by atoms with Gasteiger partial charge in [-0.1, -0.05) is 0 Å². The SMILES string of the molecule is COc1cc(-n2cnc(Nc3nc(N4CCCC4CO)nc4cc(C#N)ccc34)c2)cc(OC)c1OC. The van der Waals surface area contributed by atoms with Crippen molar-refractivity contribution in [2.75, 3.05) is 44.7 Å². The summed E-state index contributed by atoms with van der Waals surface area (Å²) in [5.74, 6) is 3.19. The van der Waals surface area contributed by atoms with Gasteiger partial charge in [-0.25, -0.2) is 9.97 Å². The van der Waals surface area contributed by atoms with Gasteiger partial charge in [-0.05, 0) is 31.0 Å². The Kier molecular flexibility index (Phi) is 6.66. The maximum absolute atomic E-state index is 9.82. The van der Waals surface area contributed by atoms with E-state index in [1.54, 1.807) is 39.8 Å². The van der Waals surface area contributed by atoms with Crippen molar-refractivity contribution in [1.82, 2.24) is 19.5 Å². The number of hydrogen-bond acceptors (Lipinski definition) is 10. The highest BCUT2D eigenvalue weighted by molar-refractivity contribution is 5.92. The van der Waals surface area contributed by atoms with Gasteiger partial charge >= 0.3 is 0 Å². The van der Waals surface area contributed by atoms with Crippen LogP contribution >= 0.6 is 0 Å². The smallest absolute Gasteiger partial charge is 0.228 e. The van der Waals surface area contributed by atoms with Crippen LogP contribution in [0.5, 0.6) is 17.2 Å². The number of ether oxygens (including phenoxy) is 3. The number of aromatic nitrogens is 4. The molecule has 11 heteroatoms. The minimum absolute atomic E-state index is 0.0294. The summed E-state index contributed by atoms with van der Waals surface area (Å²) < 4.78 is 18.2. The number of nitriles is 1. The molecule has 2 aromatic heterocycles. The zero-order valence-electron chi connectivity index (χ0n) is 20.8. The first-order valence-corrected chi connectivity index (χ1v) is 11.8. The molecule has 0 aliphatic carbocycles. The molecule has 37 heavy (non-hydrogen) atoms. The predicted molar refractivity (Wildman–Crippen MR) is 138 cm³/mol. The van der Waals surface area contributed by atoms with Crippen LogP contribution < -0.4 is 24.4 Å². The quantitative estimate of drug-likeness (QED) is 0.370. The number of nitrogens with one attached hydrogen (secondary N) is 1. The maximum Gasteiger partial charge on any atom is 0.228 e. The Labute approximate surface area is 213 Å². The van der Waals surface area contributed by atoms with Crippen LogP contribution in [0.3, 0.4) is 0 Å². The van der Waals surface area contributed by atoms with Crippen molar-refractivity contribution in [3.8, 4) is 29.0 Å². The summed E-state index contributed by atoms with van der Waals surface area (Å²) in [5.41, 5.74) is 1.92.